The summed E-state index contributed by atoms with van der Waals surface area (Å²) >= 11 is -0.417. The van der Waals surface area contributed by atoms with Crippen LogP contribution in [-0.4, -0.2) is 29.4 Å². The average molecular weight is 573 g/mol. The molecule has 1 unspecified atom stereocenters. The maximum Gasteiger partial charge on any atom is 0.446 e. The van der Waals surface area contributed by atoms with Gasteiger partial charge in [-0.1, -0.05) is 24.3 Å². The second-order valence-electron chi connectivity index (χ2n) is 7.83. The highest BCUT2D eigenvalue weighted by atomic mass is 32.2. The molecule has 0 fully saturated rings. The van der Waals surface area contributed by atoms with Gasteiger partial charge in [-0.3, -0.25) is 0 Å². The molecule has 38 heavy (non-hydrogen) atoms. The second-order valence-corrected chi connectivity index (χ2v) is 8.97. The highest BCUT2D eigenvalue weighted by molar-refractivity contribution is 8.00. The summed E-state index contributed by atoms with van der Waals surface area (Å²) in [5.74, 6) is -1.62. The Morgan fingerprint density at radius 3 is 2.13 bits per heavy atom. The van der Waals surface area contributed by atoms with Crippen LogP contribution in [0, 0.1) is 5.82 Å². The first-order valence-corrected chi connectivity index (χ1v) is 11.3. The minimum absolute atomic E-state index is 0.108. The molecule has 0 aromatic heterocycles. The van der Waals surface area contributed by atoms with Gasteiger partial charge in [-0.2, -0.15) is 39.5 Å². The summed E-state index contributed by atoms with van der Waals surface area (Å²) < 4.78 is 136. The van der Waals surface area contributed by atoms with Crippen LogP contribution in [0.3, 0.4) is 0 Å². The third-order valence-corrected chi connectivity index (χ3v) is 5.71. The third-order valence-electron chi connectivity index (χ3n) is 4.99. The number of nitrogens with zero attached hydrogens (tertiary/aromatic N) is 1. The molecular weight excluding hydrogens is 556 g/mol. The van der Waals surface area contributed by atoms with E-state index in [-0.39, 0.29) is 28.1 Å². The van der Waals surface area contributed by atoms with Crippen molar-refractivity contribution in [2.75, 3.05) is 11.4 Å². The molecule has 0 saturated heterocycles. The Labute approximate surface area is 213 Å². The van der Waals surface area contributed by atoms with Gasteiger partial charge in [0, 0.05) is 17.0 Å². The largest absolute Gasteiger partial charge is 0.455 e. The van der Waals surface area contributed by atoms with Crippen LogP contribution in [-0.2, 0) is 12.7 Å². The SMILES string of the molecule is OC(CN(Cc1ccc(C(F)(F)F)cc1F)c1ccccc1Oc1cccc(SC(F)(F)F)c1)C(F)(F)F. The quantitative estimate of drug-likeness (QED) is 0.218. The molecule has 3 nitrogen and oxygen atoms in total. The lowest BCUT2D eigenvalue weighted by atomic mass is 10.1. The van der Waals surface area contributed by atoms with Crippen molar-refractivity contribution in [2.24, 2.45) is 0 Å². The number of alkyl halides is 9. The van der Waals surface area contributed by atoms with Crippen LogP contribution in [0.4, 0.5) is 49.6 Å². The number of rotatable bonds is 8. The second kappa shape index (κ2) is 11.3. The van der Waals surface area contributed by atoms with Crippen LogP contribution < -0.4 is 9.64 Å². The lowest BCUT2D eigenvalue weighted by Crippen LogP contribution is -2.41. The fourth-order valence-electron chi connectivity index (χ4n) is 3.28. The Morgan fingerprint density at radius 1 is 0.842 bits per heavy atom. The number of ether oxygens (including phenoxy) is 1. The van der Waals surface area contributed by atoms with E-state index in [1.165, 1.54) is 36.4 Å². The summed E-state index contributed by atoms with van der Waals surface area (Å²) in [6.07, 6.45) is -12.9. The molecule has 0 saturated carbocycles. The number of halogens is 10. The minimum Gasteiger partial charge on any atom is -0.455 e. The van der Waals surface area contributed by atoms with Crippen LogP contribution in [0.1, 0.15) is 11.1 Å². The van der Waals surface area contributed by atoms with E-state index in [0.29, 0.717) is 6.07 Å². The molecule has 0 amide bonds. The van der Waals surface area contributed by atoms with Gasteiger partial charge in [0.15, 0.2) is 11.9 Å². The normalized spacial score (nSPS) is 13.3. The summed E-state index contributed by atoms with van der Waals surface area (Å²) in [6, 6.07) is 11.6. The predicted molar refractivity (Wildman–Crippen MR) is 119 cm³/mol. The lowest BCUT2D eigenvalue weighted by molar-refractivity contribution is -0.200. The minimum atomic E-state index is -5.09. The van der Waals surface area contributed by atoms with E-state index in [1.54, 1.807) is 0 Å². The van der Waals surface area contributed by atoms with Gasteiger partial charge in [-0.15, -0.1) is 0 Å². The molecule has 0 radical (unpaired) electrons. The van der Waals surface area contributed by atoms with Crippen molar-refractivity contribution in [3.8, 4) is 11.5 Å². The Bertz CT molecular complexity index is 1240. The van der Waals surface area contributed by atoms with Crippen LogP contribution in [0.15, 0.2) is 71.6 Å². The molecule has 14 heteroatoms. The fourth-order valence-corrected chi connectivity index (χ4v) is 3.87. The molecule has 3 aromatic rings. The van der Waals surface area contributed by atoms with Gasteiger partial charge in [0.1, 0.15) is 11.6 Å². The topological polar surface area (TPSA) is 32.7 Å². The summed E-state index contributed by atoms with van der Waals surface area (Å²) in [6.45, 7) is -1.87. The molecule has 0 aliphatic heterocycles. The lowest BCUT2D eigenvalue weighted by Gasteiger charge is -2.30. The Kier molecular flexibility index (Phi) is 8.76. The van der Waals surface area contributed by atoms with Gasteiger partial charge >= 0.3 is 17.9 Å². The third kappa shape index (κ3) is 8.18. The molecule has 0 spiro atoms. The summed E-state index contributed by atoms with van der Waals surface area (Å²) in [4.78, 5) is 0.608. The average Bonchev–Trinajstić information content (AvgIpc) is 2.78. The smallest absolute Gasteiger partial charge is 0.446 e. The van der Waals surface area contributed by atoms with Crippen molar-refractivity contribution < 1.29 is 53.7 Å². The summed E-state index contributed by atoms with van der Waals surface area (Å²) in [5, 5.41) is 9.68. The van der Waals surface area contributed by atoms with Crippen LogP contribution >= 0.6 is 11.8 Å². The summed E-state index contributed by atoms with van der Waals surface area (Å²) in [5.41, 5.74) is -6.44. The number of hydrogen-bond donors (Lipinski definition) is 1. The van der Waals surface area contributed by atoms with Crippen molar-refractivity contribution in [3.05, 3.63) is 83.7 Å². The molecular formula is C24H17F10NO2S. The van der Waals surface area contributed by atoms with Crippen molar-refractivity contribution in [1.29, 1.82) is 0 Å². The zero-order valence-electron chi connectivity index (χ0n) is 18.8. The highest BCUT2D eigenvalue weighted by Gasteiger charge is 2.40. The summed E-state index contributed by atoms with van der Waals surface area (Å²) in [7, 11) is 0. The number of aliphatic hydroxyl groups excluding tert-OH is 1. The molecule has 1 atom stereocenters. The van der Waals surface area contributed by atoms with Crippen molar-refractivity contribution in [1.82, 2.24) is 0 Å². The fraction of sp³-hybridized carbons (Fsp3) is 0.250. The van der Waals surface area contributed by atoms with Crippen LogP contribution in [0.5, 0.6) is 11.5 Å². The Hall–Kier alpha value is -3.13. The predicted octanol–water partition coefficient (Wildman–Crippen LogP) is 8.18. The monoisotopic (exact) mass is 573 g/mol. The van der Waals surface area contributed by atoms with E-state index in [9.17, 15) is 49.0 Å². The first-order valence-electron chi connectivity index (χ1n) is 10.5. The van der Waals surface area contributed by atoms with Crippen molar-refractivity contribution in [2.45, 2.75) is 35.4 Å². The van der Waals surface area contributed by atoms with E-state index in [0.717, 1.165) is 23.1 Å². The standard InChI is InChI=1S/C24H17F10NO2S/c25-18-10-15(22(26,27)28)9-8-14(18)12-35(13-21(36)23(29,30)31)19-6-1-2-7-20(19)37-16-4-3-5-17(11-16)38-24(32,33)34/h1-11,21,36H,12-13H2. The Balaban J connectivity index is 1.98. The molecule has 0 aliphatic rings. The van der Waals surface area contributed by atoms with Gasteiger partial charge in [0.05, 0.1) is 17.8 Å². The van der Waals surface area contributed by atoms with Crippen molar-refractivity contribution in [3.63, 3.8) is 0 Å². The maximum absolute atomic E-state index is 14.5. The number of aliphatic hydroxyl groups is 1. The zero-order chi connectivity index (χ0) is 28.3. The molecule has 0 heterocycles. The number of anilines is 1. The number of thioether (sulfide) groups is 1. The zero-order valence-corrected chi connectivity index (χ0v) is 19.6. The molecule has 3 aromatic carbocycles. The number of para-hydroxylation sites is 2. The van der Waals surface area contributed by atoms with Gasteiger partial charge < -0.3 is 14.7 Å². The maximum atomic E-state index is 14.5. The van der Waals surface area contributed by atoms with E-state index in [1.807, 2.05) is 0 Å². The molecule has 0 bridgehead atoms. The van der Waals surface area contributed by atoms with Gasteiger partial charge in [0.2, 0.25) is 0 Å². The molecule has 3 rings (SSSR count). The first kappa shape index (κ1) is 29.4. The van der Waals surface area contributed by atoms with E-state index in [2.05, 4.69) is 0 Å². The van der Waals surface area contributed by atoms with E-state index >= 15 is 0 Å². The van der Waals surface area contributed by atoms with Gasteiger partial charge in [-0.25, -0.2) is 4.39 Å². The first-order chi connectivity index (χ1) is 17.5. The van der Waals surface area contributed by atoms with Crippen LogP contribution in [0.2, 0.25) is 0 Å². The van der Waals surface area contributed by atoms with Gasteiger partial charge in [0.25, 0.3) is 0 Å². The highest BCUT2D eigenvalue weighted by Crippen LogP contribution is 2.40. The number of benzene rings is 3. The van der Waals surface area contributed by atoms with E-state index in [4.69, 9.17) is 4.74 Å². The molecule has 1 N–H and O–H groups in total. The van der Waals surface area contributed by atoms with Crippen LogP contribution in [0.25, 0.3) is 0 Å². The van der Waals surface area contributed by atoms with E-state index < -0.39 is 65.8 Å². The molecule has 206 valence electrons. The van der Waals surface area contributed by atoms with Gasteiger partial charge in [-0.05, 0) is 54.2 Å². The molecule has 0 aliphatic carbocycles. The Morgan fingerprint density at radius 2 is 1.53 bits per heavy atom. The van der Waals surface area contributed by atoms with Crippen molar-refractivity contribution >= 4 is 17.4 Å². The number of hydrogen-bond acceptors (Lipinski definition) is 4.